The molecule has 3 aromatic carbocycles. The molecule has 0 bridgehead atoms. The van der Waals surface area contributed by atoms with E-state index in [2.05, 4.69) is 4.90 Å². The molecule has 5 rings (SSSR count). The molecule has 0 aliphatic carbocycles. The number of esters is 1. The Bertz CT molecular complexity index is 1480. The second kappa shape index (κ2) is 13.8. The van der Waals surface area contributed by atoms with Crippen LogP contribution in [0, 0.1) is 0 Å². The number of ether oxygens (including phenoxy) is 2. The highest BCUT2D eigenvalue weighted by molar-refractivity contribution is 6.33. The van der Waals surface area contributed by atoms with Gasteiger partial charge in [0.05, 0.1) is 22.9 Å². The van der Waals surface area contributed by atoms with E-state index in [1.165, 1.54) is 4.90 Å². The van der Waals surface area contributed by atoms with E-state index in [4.69, 9.17) is 21.1 Å². The van der Waals surface area contributed by atoms with Gasteiger partial charge in [0.15, 0.2) is 0 Å². The predicted molar refractivity (Wildman–Crippen MR) is 166 cm³/mol. The summed E-state index contributed by atoms with van der Waals surface area (Å²) in [7, 11) is 0. The van der Waals surface area contributed by atoms with Crippen molar-refractivity contribution in [3.8, 4) is 5.75 Å². The van der Waals surface area contributed by atoms with Crippen LogP contribution in [0.1, 0.15) is 37.3 Å². The lowest BCUT2D eigenvalue weighted by Crippen LogP contribution is -2.52. The van der Waals surface area contributed by atoms with Crippen molar-refractivity contribution >= 4 is 35.1 Å². The normalized spacial score (nSPS) is 17.2. The number of nitrogens with zero attached hydrogens (tertiary/aromatic N) is 3. The lowest BCUT2D eigenvalue weighted by molar-refractivity contribution is -0.142. The van der Waals surface area contributed by atoms with Crippen LogP contribution in [0.4, 0.5) is 5.69 Å². The van der Waals surface area contributed by atoms with E-state index >= 15 is 0 Å². The Morgan fingerprint density at radius 1 is 0.907 bits per heavy atom. The maximum Gasteiger partial charge on any atom is 0.336 e. The molecule has 1 unspecified atom stereocenters. The quantitative estimate of drug-likeness (QED) is 0.305. The van der Waals surface area contributed by atoms with Crippen molar-refractivity contribution in [3.05, 3.63) is 106 Å². The number of amides is 2. The molecule has 2 amide bonds. The molecule has 2 aliphatic rings. The van der Waals surface area contributed by atoms with E-state index in [0.717, 1.165) is 16.8 Å². The number of hydrogen-bond acceptors (Lipinski definition) is 6. The van der Waals surface area contributed by atoms with Crippen molar-refractivity contribution in [2.75, 3.05) is 44.2 Å². The average molecular weight is 602 g/mol. The summed E-state index contributed by atoms with van der Waals surface area (Å²) in [6.07, 6.45) is 0.0588. The molecular formula is C34H36ClN3O5. The first-order valence-corrected chi connectivity index (χ1v) is 15.0. The Kier molecular flexibility index (Phi) is 9.67. The summed E-state index contributed by atoms with van der Waals surface area (Å²) in [5, 5.41) is 0.678. The van der Waals surface area contributed by atoms with E-state index in [-0.39, 0.29) is 31.4 Å². The van der Waals surface area contributed by atoms with Crippen LogP contribution in [0.3, 0.4) is 0 Å². The van der Waals surface area contributed by atoms with Crippen molar-refractivity contribution in [2.24, 2.45) is 0 Å². The molecule has 0 spiro atoms. The minimum absolute atomic E-state index is 0.0588. The van der Waals surface area contributed by atoms with Crippen LogP contribution in [0.2, 0.25) is 5.02 Å². The molecule has 9 heteroatoms. The Hall–Kier alpha value is -4.30. The largest absolute Gasteiger partial charge is 0.489 e. The number of para-hydroxylation sites is 1. The van der Waals surface area contributed by atoms with Gasteiger partial charge in [-0.1, -0.05) is 66.2 Å². The molecule has 43 heavy (non-hydrogen) atoms. The molecule has 0 saturated carbocycles. The molecule has 0 N–H and O–H groups in total. The van der Waals surface area contributed by atoms with Crippen LogP contribution in [0.15, 0.2) is 90.1 Å². The van der Waals surface area contributed by atoms with E-state index in [1.807, 2.05) is 78.9 Å². The molecule has 224 valence electrons. The highest BCUT2D eigenvalue weighted by atomic mass is 35.5. The highest BCUT2D eigenvalue weighted by Crippen LogP contribution is 2.38. The maximum atomic E-state index is 13.5. The zero-order valence-corrected chi connectivity index (χ0v) is 25.3. The van der Waals surface area contributed by atoms with E-state index in [9.17, 15) is 14.4 Å². The molecular weight excluding hydrogens is 566 g/mol. The highest BCUT2D eigenvalue weighted by Gasteiger charge is 2.38. The van der Waals surface area contributed by atoms with Crippen LogP contribution in [-0.4, -0.2) is 66.9 Å². The van der Waals surface area contributed by atoms with Crippen LogP contribution in [-0.2, 0) is 25.7 Å². The van der Waals surface area contributed by atoms with Crippen molar-refractivity contribution in [1.29, 1.82) is 0 Å². The first-order chi connectivity index (χ1) is 20.9. The predicted octanol–water partition coefficient (Wildman–Crippen LogP) is 5.42. The Labute approximate surface area is 257 Å². The topological polar surface area (TPSA) is 79.4 Å². The summed E-state index contributed by atoms with van der Waals surface area (Å²) in [5.74, 6) is -0.640. The molecule has 8 nitrogen and oxygen atoms in total. The number of piperazine rings is 1. The molecule has 3 aromatic rings. The summed E-state index contributed by atoms with van der Waals surface area (Å²) in [4.78, 5) is 45.4. The van der Waals surface area contributed by atoms with Gasteiger partial charge >= 0.3 is 5.97 Å². The van der Waals surface area contributed by atoms with Gasteiger partial charge in [0, 0.05) is 44.2 Å². The third-order valence-electron chi connectivity index (χ3n) is 7.97. The van der Waals surface area contributed by atoms with Crippen molar-refractivity contribution < 1.29 is 23.9 Å². The maximum absolute atomic E-state index is 13.5. The van der Waals surface area contributed by atoms with Crippen LogP contribution >= 0.6 is 11.6 Å². The number of allylic oxidation sites excluding steroid dienone is 1. The van der Waals surface area contributed by atoms with Crippen LogP contribution in [0.25, 0.3) is 0 Å². The standard InChI is InChI=1S/C34H36ClN3O5/c1-3-42-34(41)33-24(2)38(22-32(40)37-19-17-36(18-20-37)30-12-8-7-11-29(30)35)31(39)21-28(33)26-13-15-27(16-14-26)43-23-25-9-5-4-6-10-25/h4-16,28H,3,17-23H2,1-2H3. The van der Waals surface area contributed by atoms with Crippen LogP contribution < -0.4 is 9.64 Å². The summed E-state index contributed by atoms with van der Waals surface area (Å²) < 4.78 is 11.3. The van der Waals surface area contributed by atoms with E-state index < -0.39 is 11.9 Å². The first kappa shape index (κ1) is 30.2. The third-order valence-corrected chi connectivity index (χ3v) is 8.29. The summed E-state index contributed by atoms with van der Waals surface area (Å²) in [6.45, 7) is 6.29. The molecule has 1 fully saturated rings. The Balaban J connectivity index is 1.28. The van der Waals surface area contributed by atoms with Crippen LogP contribution in [0.5, 0.6) is 5.75 Å². The zero-order chi connectivity index (χ0) is 30.3. The van der Waals surface area contributed by atoms with Gasteiger partial charge in [-0.2, -0.15) is 0 Å². The van der Waals surface area contributed by atoms with E-state index in [1.54, 1.807) is 18.7 Å². The van der Waals surface area contributed by atoms with Gasteiger partial charge in [-0.15, -0.1) is 0 Å². The Morgan fingerprint density at radius 3 is 2.26 bits per heavy atom. The first-order valence-electron chi connectivity index (χ1n) is 14.6. The number of benzene rings is 3. The number of anilines is 1. The molecule has 2 heterocycles. The van der Waals surface area contributed by atoms with Gasteiger partial charge in [0.25, 0.3) is 0 Å². The fraction of sp³-hybridized carbons (Fsp3) is 0.324. The molecule has 2 aliphatic heterocycles. The van der Waals surface area contributed by atoms with Gasteiger partial charge in [-0.3, -0.25) is 9.59 Å². The zero-order valence-electron chi connectivity index (χ0n) is 24.5. The van der Waals surface area contributed by atoms with Crippen molar-refractivity contribution in [3.63, 3.8) is 0 Å². The van der Waals surface area contributed by atoms with Gasteiger partial charge in [0.2, 0.25) is 11.8 Å². The van der Waals surface area contributed by atoms with Crippen molar-refractivity contribution in [1.82, 2.24) is 9.80 Å². The third kappa shape index (κ3) is 7.03. The molecule has 0 aromatic heterocycles. The number of carbonyl (C=O) groups is 3. The average Bonchev–Trinajstić information content (AvgIpc) is 3.03. The summed E-state index contributed by atoms with van der Waals surface area (Å²) in [5.41, 5.74) is 3.67. The number of rotatable bonds is 9. The molecule has 0 radical (unpaired) electrons. The van der Waals surface area contributed by atoms with Crippen molar-refractivity contribution in [2.45, 2.75) is 32.8 Å². The summed E-state index contributed by atoms with van der Waals surface area (Å²) in [6, 6.07) is 25.0. The summed E-state index contributed by atoms with van der Waals surface area (Å²) >= 11 is 6.36. The Morgan fingerprint density at radius 2 is 1.58 bits per heavy atom. The van der Waals surface area contributed by atoms with Gasteiger partial charge in [-0.25, -0.2) is 4.79 Å². The lowest BCUT2D eigenvalue weighted by Gasteiger charge is -2.38. The number of halogens is 1. The second-order valence-electron chi connectivity index (χ2n) is 10.6. The van der Waals surface area contributed by atoms with Gasteiger partial charge in [0.1, 0.15) is 18.9 Å². The van der Waals surface area contributed by atoms with E-state index in [0.29, 0.717) is 54.8 Å². The van der Waals surface area contributed by atoms with Gasteiger partial charge < -0.3 is 24.2 Å². The van der Waals surface area contributed by atoms with Gasteiger partial charge in [-0.05, 0) is 49.2 Å². The second-order valence-corrected chi connectivity index (χ2v) is 11.0. The fourth-order valence-electron chi connectivity index (χ4n) is 5.64. The fourth-order valence-corrected chi connectivity index (χ4v) is 5.89. The molecule has 1 atom stereocenters. The number of hydrogen-bond donors (Lipinski definition) is 0. The SMILES string of the molecule is CCOC(=O)C1=C(C)N(CC(=O)N2CCN(c3ccccc3Cl)CC2)C(=O)CC1c1ccc(OCc2ccccc2)cc1. The minimum Gasteiger partial charge on any atom is -0.489 e. The minimum atomic E-state index is -0.486. The smallest absolute Gasteiger partial charge is 0.336 e. The molecule has 1 saturated heterocycles. The monoisotopic (exact) mass is 601 g/mol. The number of carbonyl (C=O) groups excluding carboxylic acids is 3. The lowest BCUT2D eigenvalue weighted by atomic mass is 9.83.